The maximum atomic E-state index is 12.6. The second-order valence-corrected chi connectivity index (χ2v) is 3.52. The van der Waals surface area contributed by atoms with Crippen molar-refractivity contribution < 1.29 is 26.7 Å². The van der Waals surface area contributed by atoms with Crippen LogP contribution >= 0.6 is 0 Å². The van der Waals surface area contributed by atoms with Crippen molar-refractivity contribution in [2.24, 2.45) is 0 Å². The van der Waals surface area contributed by atoms with E-state index in [0.29, 0.717) is 0 Å². The third kappa shape index (κ3) is 2.93. The third-order valence-corrected chi connectivity index (χ3v) is 2.12. The van der Waals surface area contributed by atoms with Gasteiger partial charge in [0.15, 0.2) is 0 Å². The second-order valence-electron chi connectivity index (χ2n) is 3.52. The van der Waals surface area contributed by atoms with Gasteiger partial charge in [0.1, 0.15) is 0 Å². The van der Waals surface area contributed by atoms with E-state index < -0.39 is 24.0 Å². The first-order valence-electron chi connectivity index (χ1n) is 4.82. The first-order valence-corrected chi connectivity index (χ1v) is 4.82. The summed E-state index contributed by atoms with van der Waals surface area (Å²) in [6.07, 6.45) is -4.58. The Morgan fingerprint density at radius 2 is 1.89 bits per heavy atom. The quantitative estimate of drug-likeness (QED) is 0.855. The monoisotopic (exact) mass is 268 g/mol. The van der Waals surface area contributed by atoms with Gasteiger partial charge < -0.3 is 5.32 Å². The van der Waals surface area contributed by atoms with Gasteiger partial charge in [-0.25, -0.2) is 0 Å². The van der Waals surface area contributed by atoms with Crippen LogP contribution in [0.15, 0.2) is 24.4 Å². The molecule has 0 radical (unpaired) electrons. The average Bonchev–Trinajstić information content (AvgIpc) is 2.28. The lowest BCUT2D eigenvalue weighted by Crippen LogP contribution is -2.50. The molecule has 0 fully saturated rings. The molecule has 8 heteroatoms. The van der Waals surface area contributed by atoms with E-state index in [1.165, 1.54) is 25.3 Å². The topological polar surface area (TPSA) is 42.0 Å². The summed E-state index contributed by atoms with van der Waals surface area (Å²) in [6.45, 7) is 1.26. The van der Waals surface area contributed by atoms with E-state index in [1.807, 2.05) is 0 Å². The van der Waals surface area contributed by atoms with Crippen LogP contribution < -0.4 is 5.32 Å². The summed E-state index contributed by atoms with van der Waals surface area (Å²) < 4.78 is 61.0. The maximum Gasteiger partial charge on any atom is 0.463 e. The van der Waals surface area contributed by atoms with Gasteiger partial charge in [-0.15, -0.1) is 0 Å². The minimum absolute atomic E-state index is 0.184. The smallest absolute Gasteiger partial charge is 0.342 e. The van der Waals surface area contributed by atoms with Crippen LogP contribution in [-0.2, 0) is 4.79 Å². The zero-order valence-corrected chi connectivity index (χ0v) is 9.13. The highest BCUT2D eigenvalue weighted by molar-refractivity contribution is 5.84. The molecule has 0 aromatic carbocycles. The number of nitrogens with zero attached hydrogens (tertiary/aromatic N) is 1. The van der Waals surface area contributed by atoms with Gasteiger partial charge in [-0.1, -0.05) is 6.07 Å². The molecule has 1 atom stereocenters. The van der Waals surface area contributed by atoms with Crippen LogP contribution in [0.25, 0.3) is 0 Å². The van der Waals surface area contributed by atoms with Gasteiger partial charge in [0.25, 0.3) is 0 Å². The zero-order chi connectivity index (χ0) is 14.0. The number of hydrogen-bond acceptors (Lipinski definition) is 2. The predicted octanol–water partition coefficient (Wildman–Crippen LogP) is 2.46. The Bertz CT molecular complexity index is 418. The number of hydrogen-bond donors (Lipinski definition) is 1. The van der Waals surface area contributed by atoms with Crippen LogP contribution in [0.4, 0.5) is 22.0 Å². The number of aromatic nitrogens is 1. The van der Waals surface area contributed by atoms with E-state index in [4.69, 9.17) is 0 Å². The van der Waals surface area contributed by atoms with Crippen LogP contribution in [0.2, 0.25) is 0 Å². The number of carbonyl (C=O) groups is 1. The third-order valence-electron chi connectivity index (χ3n) is 2.12. The minimum Gasteiger partial charge on any atom is -0.342 e. The molecular formula is C10H9F5N2O. The molecule has 0 saturated heterocycles. The van der Waals surface area contributed by atoms with Crippen LogP contribution in [0.1, 0.15) is 18.7 Å². The largest absolute Gasteiger partial charge is 0.463 e. The van der Waals surface area contributed by atoms with Crippen LogP contribution in [0, 0.1) is 0 Å². The van der Waals surface area contributed by atoms with Crippen molar-refractivity contribution in [1.82, 2.24) is 10.3 Å². The molecule has 0 saturated carbocycles. The Hall–Kier alpha value is -1.73. The maximum absolute atomic E-state index is 12.6. The van der Waals surface area contributed by atoms with Gasteiger partial charge >= 0.3 is 18.0 Å². The van der Waals surface area contributed by atoms with E-state index in [1.54, 1.807) is 11.4 Å². The summed E-state index contributed by atoms with van der Waals surface area (Å²) in [5.74, 6) is -7.82. The standard InChI is InChI=1S/C10H9F5N2O/c1-6(7-4-2-3-5-16-7)17-8(18)9(11,12)10(13,14)15/h2-6H,1H3,(H,17,18)/t6-/m1/s1. The van der Waals surface area contributed by atoms with Crippen LogP contribution in [0.3, 0.4) is 0 Å². The number of nitrogens with one attached hydrogen (secondary N) is 1. The Balaban J connectivity index is 2.78. The molecule has 0 bridgehead atoms. The molecule has 1 N–H and O–H groups in total. The Morgan fingerprint density at radius 1 is 1.28 bits per heavy atom. The zero-order valence-electron chi connectivity index (χ0n) is 9.13. The van der Waals surface area contributed by atoms with E-state index in [2.05, 4.69) is 4.98 Å². The molecule has 1 aromatic heterocycles. The van der Waals surface area contributed by atoms with Crippen molar-refractivity contribution >= 4 is 5.91 Å². The molecule has 0 aliphatic heterocycles. The highest BCUT2D eigenvalue weighted by Crippen LogP contribution is 2.35. The predicted molar refractivity (Wildman–Crippen MR) is 51.8 cm³/mol. The van der Waals surface area contributed by atoms with Gasteiger partial charge in [0, 0.05) is 6.20 Å². The normalized spacial score (nSPS) is 14.1. The summed E-state index contributed by atoms with van der Waals surface area (Å²) in [4.78, 5) is 14.6. The summed E-state index contributed by atoms with van der Waals surface area (Å²) in [5, 5.41) is 1.57. The van der Waals surface area contributed by atoms with E-state index >= 15 is 0 Å². The number of rotatable bonds is 3. The molecule has 0 aliphatic carbocycles. The average molecular weight is 268 g/mol. The molecule has 1 amide bonds. The molecule has 1 aromatic rings. The van der Waals surface area contributed by atoms with Gasteiger partial charge in [-0.05, 0) is 19.1 Å². The number of amides is 1. The lowest BCUT2D eigenvalue weighted by molar-refractivity contribution is -0.270. The van der Waals surface area contributed by atoms with Gasteiger partial charge in [-0.3, -0.25) is 9.78 Å². The Morgan fingerprint density at radius 3 is 2.33 bits per heavy atom. The minimum atomic E-state index is -5.92. The SMILES string of the molecule is C[C@@H](NC(=O)C(F)(F)C(F)(F)F)c1ccccn1. The number of pyridine rings is 1. The van der Waals surface area contributed by atoms with Crippen molar-refractivity contribution in [3.05, 3.63) is 30.1 Å². The van der Waals surface area contributed by atoms with Crippen LogP contribution in [-0.4, -0.2) is 23.0 Å². The summed E-state index contributed by atoms with van der Waals surface area (Å²) in [6, 6.07) is 3.42. The molecule has 0 spiro atoms. The van der Waals surface area contributed by atoms with Crippen molar-refractivity contribution in [3.63, 3.8) is 0 Å². The van der Waals surface area contributed by atoms with Gasteiger partial charge in [-0.2, -0.15) is 22.0 Å². The van der Waals surface area contributed by atoms with E-state index in [9.17, 15) is 26.7 Å². The number of carbonyl (C=O) groups excluding carboxylic acids is 1. The number of halogens is 5. The van der Waals surface area contributed by atoms with Gasteiger partial charge in [0.05, 0.1) is 11.7 Å². The first-order chi connectivity index (χ1) is 8.16. The van der Waals surface area contributed by atoms with E-state index in [-0.39, 0.29) is 5.69 Å². The first kappa shape index (κ1) is 14.3. The van der Waals surface area contributed by atoms with Crippen molar-refractivity contribution in [3.8, 4) is 0 Å². The molecule has 18 heavy (non-hydrogen) atoms. The summed E-state index contributed by atoms with van der Waals surface area (Å²) in [7, 11) is 0. The highest BCUT2D eigenvalue weighted by atomic mass is 19.4. The van der Waals surface area contributed by atoms with Gasteiger partial charge in [0.2, 0.25) is 0 Å². The summed E-state index contributed by atoms with van der Waals surface area (Å²) in [5.41, 5.74) is 0.184. The molecule has 100 valence electrons. The second kappa shape index (κ2) is 4.87. The van der Waals surface area contributed by atoms with Crippen LogP contribution in [0.5, 0.6) is 0 Å². The lowest BCUT2D eigenvalue weighted by Gasteiger charge is -2.21. The molecule has 1 rings (SSSR count). The van der Waals surface area contributed by atoms with E-state index in [0.717, 1.165) is 0 Å². The number of alkyl halides is 5. The molecule has 0 unspecified atom stereocenters. The molecule has 0 aliphatic rings. The fourth-order valence-electron chi connectivity index (χ4n) is 1.12. The fourth-order valence-corrected chi connectivity index (χ4v) is 1.12. The molecular weight excluding hydrogens is 259 g/mol. The van der Waals surface area contributed by atoms with Crippen molar-refractivity contribution in [1.29, 1.82) is 0 Å². The highest BCUT2D eigenvalue weighted by Gasteiger charge is 2.63. The molecule has 3 nitrogen and oxygen atoms in total. The Labute approximate surface area is 99.0 Å². The fraction of sp³-hybridized carbons (Fsp3) is 0.400. The van der Waals surface area contributed by atoms with Crippen molar-refractivity contribution in [2.45, 2.75) is 25.1 Å². The van der Waals surface area contributed by atoms with Crippen molar-refractivity contribution in [2.75, 3.05) is 0 Å². The molecule has 1 heterocycles. The summed E-state index contributed by atoms with van der Waals surface area (Å²) >= 11 is 0. The lowest BCUT2D eigenvalue weighted by atomic mass is 10.2. The Kier molecular flexibility index (Phi) is 3.88.